The molecular weight excluding hydrogens is 511 g/mol. The van der Waals surface area contributed by atoms with Gasteiger partial charge in [-0.05, 0) is 57.6 Å². The van der Waals surface area contributed by atoms with E-state index in [0.717, 1.165) is 40.8 Å². The number of alkyl halides is 1. The van der Waals surface area contributed by atoms with Crippen LogP contribution in [0.3, 0.4) is 0 Å². The highest BCUT2D eigenvalue weighted by molar-refractivity contribution is 5.93. The average molecular weight is 547 g/mol. The van der Waals surface area contributed by atoms with Gasteiger partial charge in [-0.2, -0.15) is 10.4 Å². The topological polar surface area (TPSA) is 133 Å². The maximum Gasteiger partial charge on any atom is 0.264 e. The van der Waals surface area contributed by atoms with E-state index in [1.165, 1.54) is 23.9 Å². The van der Waals surface area contributed by atoms with Crippen LogP contribution in [-0.4, -0.2) is 74.8 Å². The second-order valence-corrected chi connectivity index (χ2v) is 11.0. The molecule has 4 heterocycles. The van der Waals surface area contributed by atoms with Crippen molar-refractivity contribution in [2.75, 3.05) is 38.0 Å². The van der Waals surface area contributed by atoms with Gasteiger partial charge < -0.3 is 20.9 Å². The van der Waals surface area contributed by atoms with E-state index in [1.54, 1.807) is 11.1 Å². The second-order valence-electron chi connectivity index (χ2n) is 11.0. The number of hydrogen-bond acceptors (Lipinski definition) is 7. The summed E-state index contributed by atoms with van der Waals surface area (Å²) < 4.78 is 17.2. The number of nitrogens with two attached hydrogens (primary N) is 1. The van der Waals surface area contributed by atoms with Gasteiger partial charge in [-0.3, -0.25) is 19.3 Å². The summed E-state index contributed by atoms with van der Waals surface area (Å²) in [6, 6.07) is 4.20. The first-order valence-corrected chi connectivity index (χ1v) is 13.7. The van der Waals surface area contributed by atoms with Gasteiger partial charge in [-0.25, -0.2) is 4.39 Å². The summed E-state index contributed by atoms with van der Waals surface area (Å²) in [6.07, 6.45) is 7.86. The highest BCUT2D eigenvalue weighted by Crippen LogP contribution is 2.36. The number of rotatable bonds is 8. The number of carbonyl (C=O) groups is 2. The fourth-order valence-corrected chi connectivity index (χ4v) is 5.71. The monoisotopic (exact) mass is 546 g/mol. The van der Waals surface area contributed by atoms with Crippen molar-refractivity contribution in [3.63, 3.8) is 0 Å². The van der Waals surface area contributed by atoms with E-state index in [4.69, 9.17) is 10.8 Å². The Balaban J connectivity index is 1.31. The summed E-state index contributed by atoms with van der Waals surface area (Å²) in [6.45, 7) is 8.61. The van der Waals surface area contributed by atoms with E-state index >= 15 is 4.39 Å². The number of nitriles is 1. The molecule has 2 amide bonds. The van der Waals surface area contributed by atoms with Crippen LogP contribution in [0.2, 0.25) is 0 Å². The van der Waals surface area contributed by atoms with Gasteiger partial charge in [0.25, 0.3) is 5.91 Å². The number of allylic oxidation sites excluding steroid dienone is 1. The van der Waals surface area contributed by atoms with Crippen molar-refractivity contribution in [3.8, 4) is 17.2 Å². The predicted octanol–water partition coefficient (Wildman–Crippen LogP) is 3.11. The number of piperidine rings is 1. The number of pyridine rings is 1. The number of amides is 2. The molecule has 210 valence electrons. The minimum Gasteiger partial charge on any atom is -0.403 e. The van der Waals surface area contributed by atoms with Crippen LogP contribution in [0.15, 0.2) is 31.1 Å². The SMILES string of the molecule is C=CC(=O)N1CC(F)(C(=O)N2CCC(n3nc(C)c(-c4cnc(/C(C#N)=C\N)c(NCC5CC5)c4)c3C)CC2)C1. The Morgan fingerprint density at radius 3 is 2.55 bits per heavy atom. The average Bonchev–Trinajstić information content (AvgIpc) is 3.73. The van der Waals surface area contributed by atoms with Crippen LogP contribution in [0.25, 0.3) is 16.7 Å². The molecule has 2 aromatic rings. The number of aryl methyl sites for hydroxylation is 1. The number of aromatic nitrogens is 3. The largest absolute Gasteiger partial charge is 0.403 e. The molecule has 0 spiro atoms. The van der Waals surface area contributed by atoms with Crippen LogP contribution >= 0.6 is 0 Å². The van der Waals surface area contributed by atoms with E-state index in [1.807, 2.05) is 24.6 Å². The van der Waals surface area contributed by atoms with Crippen LogP contribution < -0.4 is 11.1 Å². The summed E-state index contributed by atoms with van der Waals surface area (Å²) in [7, 11) is 0. The van der Waals surface area contributed by atoms with E-state index < -0.39 is 11.6 Å². The molecule has 2 aliphatic heterocycles. The third-order valence-electron chi connectivity index (χ3n) is 8.17. The van der Waals surface area contributed by atoms with Crippen molar-refractivity contribution < 1.29 is 14.0 Å². The Morgan fingerprint density at radius 2 is 1.95 bits per heavy atom. The predicted molar refractivity (Wildman–Crippen MR) is 149 cm³/mol. The Kier molecular flexibility index (Phi) is 7.36. The van der Waals surface area contributed by atoms with Gasteiger partial charge in [-0.1, -0.05) is 6.58 Å². The smallest absolute Gasteiger partial charge is 0.264 e. The lowest BCUT2D eigenvalue weighted by Gasteiger charge is -2.45. The molecule has 0 atom stereocenters. The van der Waals surface area contributed by atoms with Crippen LogP contribution in [0.5, 0.6) is 0 Å². The standard InChI is InChI=1S/C29H35FN8O2/c1-4-25(39)37-16-29(30,17-37)28(40)36-9-7-23(8-10-36)38-19(3)26(18(2)35-38)21-11-24(33-14-20-5-6-20)27(34-15-21)22(12-31)13-32/h4,11-12,15,20,23,33H,1,5-10,14,16-17,31H2,2-3H3/b22-12-. The lowest BCUT2D eigenvalue weighted by molar-refractivity contribution is -0.162. The number of nitrogens with one attached hydrogen (secondary N) is 1. The first-order valence-electron chi connectivity index (χ1n) is 13.7. The van der Waals surface area contributed by atoms with Gasteiger partial charge in [-0.15, -0.1) is 0 Å². The molecule has 0 unspecified atom stereocenters. The Labute approximate surface area is 233 Å². The summed E-state index contributed by atoms with van der Waals surface area (Å²) in [4.78, 5) is 32.0. The Bertz CT molecular complexity index is 1410. The number of halogens is 1. The van der Waals surface area contributed by atoms with Crippen molar-refractivity contribution >= 4 is 23.1 Å². The normalized spacial score (nSPS) is 19.1. The minimum absolute atomic E-state index is 0.0670. The van der Waals surface area contributed by atoms with E-state index in [-0.39, 0.29) is 25.0 Å². The fraction of sp³-hybridized carbons (Fsp3) is 0.483. The zero-order chi connectivity index (χ0) is 28.6. The lowest BCUT2D eigenvalue weighted by Crippen LogP contribution is -2.68. The quantitative estimate of drug-likeness (QED) is 0.384. The Hall–Kier alpha value is -4.20. The van der Waals surface area contributed by atoms with E-state index in [0.29, 0.717) is 43.1 Å². The molecule has 0 aromatic carbocycles. The van der Waals surface area contributed by atoms with Gasteiger partial charge in [0.15, 0.2) is 0 Å². The molecule has 1 aliphatic carbocycles. The molecular formula is C29H35FN8O2. The Morgan fingerprint density at radius 1 is 1.25 bits per heavy atom. The summed E-state index contributed by atoms with van der Waals surface area (Å²) in [5, 5.41) is 17.8. The van der Waals surface area contributed by atoms with Crippen LogP contribution in [0.4, 0.5) is 10.1 Å². The van der Waals surface area contributed by atoms with Gasteiger partial charge in [0.1, 0.15) is 11.8 Å². The zero-order valence-electron chi connectivity index (χ0n) is 23.0. The molecule has 0 bridgehead atoms. The summed E-state index contributed by atoms with van der Waals surface area (Å²) in [5.74, 6) is -0.274. The highest BCUT2D eigenvalue weighted by atomic mass is 19.1. The number of nitrogens with zero attached hydrogens (tertiary/aromatic N) is 6. The van der Waals surface area contributed by atoms with Gasteiger partial charge in [0.2, 0.25) is 11.6 Å². The number of hydrogen-bond donors (Lipinski definition) is 2. The van der Waals surface area contributed by atoms with Gasteiger partial charge in [0, 0.05) is 48.9 Å². The van der Waals surface area contributed by atoms with E-state index in [2.05, 4.69) is 22.9 Å². The molecule has 3 aliphatic rings. The van der Waals surface area contributed by atoms with E-state index in [9.17, 15) is 14.9 Å². The summed E-state index contributed by atoms with van der Waals surface area (Å²) in [5.41, 5.74) is 9.00. The first-order chi connectivity index (χ1) is 19.2. The highest BCUT2D eigenvalue weighted by Gasteiger charge is 2.53. The third-order valence-corrected chi connectivity index (χ3v) is 8.17. The minimum atomic E-state index is -2.02. The molecule has 3 fully saturated rings. The summed E-state index contributed by atoms with van der Waals surface area (Å²) >= 11 is 0. The van der Waals surface area contributed by atoms with Crippen molar-refractivity contribution in [1.82, 2.24) is 24.6 Å². The number of anilines is 1. The fourth-order valence-electron chi connectivity index (χ4n) is 5.71. The van der Waals surface area contributed by atoms with Crippen molar-refractivity contribution in [3.05, 3.63) is 48.2 Å². The molecule has 5 rings (SSSR count). The first kappa shape index (κ1) is 27.4. The van der Waals surface area contributed by atoms with Gasteiger partial charge >= 0.3 is 0 Å². The number of carbonyl (C=O) groups excluding carboxylic acids is 2. The lowest BCUT2D eigenvalue weighted by atomic mass is 9.92. The molecule has 3 N–H and O–H groups in total. The van der Waals surface area contributed by atoms with Crippen molar-refractivity contribution in [2.24, 2.45) is 11.7 Å². The third kappa shape index (κ3) is 5.06. The molecule has 2 aromatic heterocycles. The molecule has 10 nitrogen and oxygen atoms in total. The zero-order valence-corrected chi connectivity index (χ0v) is 23.0. The van der Waals surface area contributed by atoms with Crippen LogP contribution in [-0.2, 0) is 9.59 Å². The molecule has 11 heteroatoms. The molecule has 0 radical (unpaired) electrons. The molecule has 1 saturated carbocycles. The maximum absolute atomic E-state index is 15.1. The second kappa shape index (κ2) is 10.8. The van der Waals surface area contributed by atoms with Crippen LogP contribution in [0.1, 0.15) is 48.8 Å². The van der Waals surface area contributed by atoms with Gasteiger partial charge in [0.05, 0.1) is 36.1 Å². The maximum atomic E-state index is 15.1. The van der Waals surface area contributed by atoms with Crippen molar-refractivity contribution in [2.45, 2.75) is 51.2 Å². The van der Waals surface area contributed by atoms with Crippen molar-refractivity contribution in [1.29, 1.82) is 5.26 Å². The molecule has 40 heavy (non-hydrogen) atoms. The molecule has 2 saturated heterocycles. The van der Waals surface area contributed by atoms with Crippen LogP contribution in [0, 0.1) is 31.1 Å². The number of likely N-dealkylation sites (tertiary alicyclic amines) is 2.